The average Bonchev–Trinajstić information content (AvgIpc) is 3.41. The fourth-order valence-corrected chi connectivity index (χ4v) is 5.09. The molecule has 0 N–H and O–H groups in total. The third-order valence-corrected chi connectivity index (χ3v) is 7.13. The number of carbonyl (C=O) groups excluding carboxylic acids is 1. The van der Waals surface area contributed by atoms with Crippen LogP contribution in [0.5, 0.6) is 0 Å². The third-order valence-electron chi connectivity index (χ3n) is 6.03. The van der Waals surface area contributed by atoms with Crippen LogP contribution in [-0.2, 0) is 4.79 Å². The molecule has 32 heavy (non-hydrogen) atoms. The Balaban J connectivity index is 1.48. The quantitative estimate of drug-likeness (QED) is 0.446. The topological polar surface area (TPSA) is 73.0 Å². The number of nitrogens with zero attached hydrogens (tertiary/aromatic N) is 5. The summed E-state index contributed by atoms with van der Waals surface area (Å²) >= 11 is 1.51. The van der Waals surface area contributed by atoms with Crippen LogP contribution < -0.4 is 10.5 Å². The van der Waals surface area contributed by atoms with Gasteiger partial charge in [0.05, 0.1) is 17.9 Å². The molecular formula is C24H23N5O2S. The Kier molecular flexibility index (Phi) is 5.09. The van der Waals surface area contributed by atoms with Crippen LogP contribution >= 0.6 is 11.8 Å². The molecule has 2 aromatic carbocycles. The van der Waals surface area contributed by atoms with Crippen LogP contribution in [0.4, 0.5) is 5.69 Å². The van der Waals surface area contributed by atoms with E-state index in [-0.39, 0.29) is 23.9 Å². The van der Waals surface area contributed by atoms with Gasteiger partial charge >= 0.3 is 0 Å². The van der Waals surface area contributed by atoms with Crippen molar-refractivity contribution in [2.75, 3.05) is 17.7 Å². The molecule has 0 bridgehead atoms. The number of anilines is 1. The number of aromatic nitrogens is 4. The van der Waals surface area contributed by atoms with Gasteiger partial charge in [-0.15, -0.1) is 0 Å². The van der Waals surface area contributed by atoms with E-state index in [1.807, 2.05) is 48.5 Å². The first-order valence-electron chi connectivity index (χ1n) is 10.5. The number of carbonyl (C=O) groups is 1. The zero-order valence-electron chi connectivity index (χ0n) is 18.1. The van der Waals surface area contributed by atoms with Gasteiger partial charge in [-0.2, -0.15) is 5.10 Å². The van der Waals surface area contributed by atoms with E-state index in [1.165, 1.54) is 17.3 Å². The smallest absolute Gasteiger partial charge is 0.265 e. The molecule has 1 unspecified atom stereocenters. The minimum absolute atomic E-state index is 0.0347. The number of hydrogen-bond donors (Lipinski definition) is 0. The summed E-state index contributed by atoms with van der Waals surface area (Å²) in [5.41, 5.74) is 4.45. The van der Waals surface area contributed by atoms with Crippen LogP contribution in [0.25, 0.3) is 16.7 Å². The Morgan fingerprint density at radius 3 is 2.69 bits per heavy atom. The van der Waals surface area contributed by atoms with E-state index in [4.69, 9.17) is 4.98 Å². The van der Waals surface area contributed by atoms with Gasteiger partial charge in [-0.25, -0.2) is 9.67 Å². The van der Waals surface area contributed by atoms with E-state index in [0.29, 0.717) is 21.9 Å². The second kappa shape index (κ2) is 7.94. The monoisotopic (exact) mass is 445 g/mol. The van der Waals surface area contributed by atoms with E-state index >= 15 is 0 Å². The van der Waals surface area contributed by atoms with Gasteiger partial charge in [-0.1, -0.05) is 36.0 Å². The molecule has 1 aliphatic rings. The number of amides is 1. The molecule has 1 atom stereocenters. The van der Waals surface area contributed by atoms with Crippen LogP contribution in [-0.4, -0.2) is 38.0 Å². The molecule has 0 spiro atoms. The van der Waals surface area contributed by atoms with Gasteiger partial charge in [-0.3, -0.25) is 14.2 Å². The fraction of sp³-hybridized carbons (Fsp3) is 0.250. The molecule has 0 fully saturated rings. The number of aryl methyl sites for hydroxylation is 2. The number of rotatable bonds is 4. The molecule has 2 aromatic heterocycles. The Bertz CT molecular complexity index is 1390. The summed E-state index contributed by atoms with van der Waals surface area (Å²) in [6, 6.07) is 15.3. The molecule has 8 heteroatoms. The van der Waals surface area contributed by atoms with E-state index in [2.05, 4.69) is 18.9 Å². The number of benzene rings is 2. The maximum Gasteiger partial charge on any atom is 0.265 e. The van der Waals surface area contributed by atoms with Crippen molar-refractivity contribution in [3.8, 4) is 5.69 Å². The van der Waals surface area contributed by atoms with Gasteiger partial charge in [0.1, 0.15) is 5.39 Å². The molecule has 5 rings (SSSR count). The molecule has 4 aromatic rings. The molecule has 0 aliphatic carbocycles. The summed E-state index contributed by atoms with van der Waals surface area (Å²) in [7, 11) is 1.76. The van der Waals surface area contributed by atoms with E-state index in [0.717, 1.165) is 16.9 Å². The van der Waals surface area contributed by atoms with Crippen molar-refractivity contribution >= 4 is 34.4 Å². The average molecular weight is 446 g/mol. The predicted molar refractivity (Wildman–Crippen MR) is 127 cm³/mol. The summed E-state index contributed by atoms with van der Waals surface area (Å²) < 4.78 is 3.38. The van der Waals surface area contributed by atoms with Crippen LogP contribution in [0, 0.1) is 13.8 Å². The zero-order chi connectivity index (χ0) is 22.4. The molecule has 0 saturated carbocycles. The SMILES string of the molecule is Cc1ccc(-n2ncc3c(=O)n4c(nc32)SCC4CC(=O)N(C)c2ccccc2)cc1C. The molecule has 1 amide bonds. The summed E-state index contributed by atoms with van der Waals surface area (Å²) in [5.74, 6) is 0.604. The lowest BCUT2D eigenvalue weighted by atomic mass is 10.1. The van der Waals surface area contributed by atoms with Crippen molar-refractivity contribution in [1.29, 1.82) is 0 Å². The highest BCUT2D eigenvalue weighted by Gasteiger charge is 2.30. The van der Waals surface area contributed by atoms with Gasteiger partial charge in [0.25, 0.3) is 5.56 Å². The molecule has 0 radical (unpaired) electrons. The highest BCUT2D eigenvalue weighted by molar-refractivity contribution is 7.99. The maximum atomic E-state index is 13.3. The number of thioether (sulfide) groups is 1. The van der Waals surface area contributed by atoms with Crippen molar-refractivity contribution in [2.24, 2.45) is 0 Å². The number of para-hydroxylation sites is 1. The Morgan fingerprint density at radius 1 is 1.16 bits per heavy atom. The van der Waals surface area contributed by atoms with Crippen molar-refractivity contribution in [1.82, 2.24) is 19.3 Å². The first-order valence-corrected chi connectivity index (χ1v) is 11.4. The van der Waals surface area contributed by atoms with E-state index in [9.17, 15) is 9.59 Å². The van der Waals surface area contributed by atoms with Crippen molar-refractivity contribution in [3.05, 3.63) is 76.2 Å². The second-order valence-electron chi connectivity index (χ2n) is 8.09. The maximum absolute atomic E-state index is 13.3. The standard InChI is InChI=1S/C24H23N5O2S/c1-15-9-10-18(11-16(15)2)29-22-20(13-25-29)23(31)28-19(14-32-24(28)26-22)12-21(30)27(3)17-7-5-4-6-8-17/h4-11,13,19H,12,14H2,1-3H3. The Labute approximate surface area is 189 Å². The number of hydrogen-bond acceptors (Lipinski definition) is 5. The minimum Gasteiger partial charge on any atom is -0.315 e. The van der Waals surface area contributed by atoms with Crippen molar-refractivity contribution in [2.45, 2.75) is 31.5 Å². The lowest BCUT2D eigenvalue weighted by molar-refractivity contribution is -0.119. The van der Waals surface area contributed by atoms with E-state index in [1.54, 1.807) is 27.4 Å². The lowest BCUT2D eigenvalue weighted by Crippen LogP contribution is -2.32. The minimum atomic E-state index is -0.233. The largest absolute Gasteiger partial charge is 0.315 e. The summed E-state index contributed by atoms with van der Waals surface area (Å²) in [5, 5.41) is 5.54. The zero-order valence-corrected chi connectivity index (χ0v) is 19.0. The van der Waals surface area contributed by atoms with Crippen LogP contribution in [0.2, 0.25) is 0 Å². The summed E-state index contributed by atoms with van der Waals surface area (Å²) in [6.45, 7) is 4.11. The van der Waals surface area contributed by atoms with Gasteiger partial charge in [0.2, 0.25) is 5.91 Å². The highest BCUT2D eigenvalue weighted by atomic mass is 32.2. The second-order valence-corrected chi connectivity index (χ2v) is 9.08. The van der Waals surface area contributed by atoms with Gasteiger partial charge < -0.3 is 4.90 Å². The van der Waals surface area contributed by atoms with Crippen LogP contribution in [0.3, 0.4) is 0 Å². The van der Waals surface area contributed by atoms with Gasteiger partial charge in [0.15, 0.2) is 10.8 Å². The van der Waals surface area contributed by atoms with Crippen molar-refractivity contribution in [3.63, 3.8) is 0 Å². The molecule has 7 nitrogen and oxygen atoms in total. The molecular weight excluding hydrogens is 422 g/mol. The molecule has 0 saturated heterocycles. The number of fused-ring (bicyclic) bond motifs is 2. The first-order chi connectivity index (χ1) is 15.4. The van der Waals surface area contributed by atoms with Crippen molar-refractivity contribution < 1.29 is 4.79 Å². The molecule has 3 heterocycles. The highest BCUT2D eigenvalue weighted by Crippen LogP contribution is 2.34. The fourth-order valence-electron chi connectivity index (χ4n) is 3.96. The van der Waals surface area contributed by atoms with Gasteiger partial charge in [-0.05, 0) is 49.2 Å². The van der Waals surface area contributed by atoms with Crippen LogP contribution in [0.15, 0.2) is 64.7 Å². The molecule has 162 valence electrons. The van der Waals surface area contributed by atoms with Gasteiger partial charge in [0, 0.05) is 24.9 Å². The third kappa shape index (κ3) is 3.40. The molecule has 1 aliphatic heterocycles. The normalized spacial score (nSPS) is 15.2. The first kappa shape index (κ1) is 20.5. The van der Waals surface area contributed by atoms with Crippen LogP contribution in [0.1, 0.15) is 23.6 Å². The predicted octanol–water partition coefficient (Wildman–Crippen LogP) is 3.90. The lowest BCUT2D eigenvalue weighted by Gasteiger charge is -2.20. The summed E-state index contributed by atoms with van der Waals surface area (Å²) in [6.07, 6.45) is 1.81. The Hall–Kier alpha value is -3.39. The summed E-state index contributed by atoms with van der Waals surface area (Å²) in [4.78, 5) is 32.6. The Morgan fingerprint density at radius 2 is 1.94 bits per heavy atom. The van der Waals surface area contributed by atoms with E-state index < -0.39 is 0 Å².